The highest BCUT2D eigenvalue weighted by atomic mass is 16.5. The average molecular weight is 881 g/mol. The second kappa shape index (κ2) is 28.5. The molecule has 0 aliphatic rings. The van der Waals surface area contributed by atoms with Crippen LogP contribution in [0.5, 0.6) is 11.5 Å². The number of hydrogen-bond acceptors (Lipinski definition) is 8. The van der Waals surface area contributed by atoms with Crippen molar-refractivity contribution in [3.63, 3.8) is 0 Å². The molecule has 5 aromatic rings. The summed E-state index contributed by atoms with van der Waals surface area (Å²) in [6.45, 7) is 9.50. The molecule has 0 atom stereocenters. The minimum absolute atomic E-state index is 0.255. The molecule has 8 nitrogen and oxygen atoms in total. The van der Waals surface area contributed by atoms with Gasteiger partial charge in [-0.2, -0.15) is 0 Å². The summed E-state index contributed by atoms with van der Waals surface area (Å²) < 4.78 is 23.7. The van der Waals surface area contributed by atoms with Crippen LogP contribution >= 0.6 is 0 Å². The van der Waals surface area contributed by atoms with Gasteiger partial charge in [0.15, 0.2) is 0 Å². The van der Waals surface area contributed by atoms with Gasteiger partial charge in [-0.25, -0.2) is 9.59 Å². The van der Waals surface area contributed by atoms with Crippen LogP contribution in [0.4, 0.5) is 0 Å². The number of ether oxygens (including phenoxy) is 4. The number of rotatable bonds is 20. The predicted octanol–water partition coefficient (Wildman–Crippen LogP) is 11.9. The Bertz CT molecular complexity index is 2430. The Kier molecular flexibility index (Phi) is 21.5. The first-order valence-electron chi connectivity index (χ1n) is 23.4. The first kappa shape index (κ1) is 49.8. The average Bonchev–Trinajstić information content (AvgIpc) is 3.34. The Labute approximate surface area is 392 Å². The van der Waals surface area contributed by atoms with Gasteiger partial charge < -0.3 is 18.9 Å². The fourth-order valence-electron chi connectivity index (χ4n) is 6.74. The van der Waals surface area contributed by atoms with E-state index in [1.165, 1.54) is 38.5 Å². The van der Waals surface area contributed by atoms with Crippen LogP contribution in [0.25, 0.3) is 0 Å². The summed E-state index contributed by atoms with van der Waals surface area (Å²) in [5, 5.41) is 0. The van der Waals surface area contributed by atoms with Crippen LogP contribution in [0.15, 0.2) is 97.6 Å². The lowest BCUT2D eigenvalue weighted by Crippen LogP contribution is -2.05. The molecule has 0 aliphatic carbocycles. The third-order valence-corrected chi connectivity index (χ3v) is 10.3. The Hall–Kier alpha value is -7.26. The Morgan fingerprint density at radius 2 is 0.833 bits per heavy atom. The van der Waals surface area contributed by atoms with Gasteiger partial charge >= 0.3 is 11.9 Å². The van der Waals surface area contributed by atoms with Gasteiger partial charge in [-0.1, -0.05) is 125 Å². The number of aromatic nitrogens is 2. The maximum Gasteiger partial charge on any atom is 0.338 e. The number of hydrogen-bond donors (Lipinski definition) is 0. The van der Waals surface area contributed by atoms with Crippen molar-refractivity contribution < 1.29 is 28.5 Å². The van der Waals surface area contributed by atoms with Gasteiger partial charge in [0, 0.05) is 70.3 Å². The Balaban J connectivity index is 1.61. The number of unbranched alkanes of at least 4 members (excludes halogenated alkanes) is 10. The van der Waals surface area contributed by atoms with Gasteiger partial charge in [0.2, 0.25) is 0 Å². The molecule has 2 heterocycles. The molecular weight excluding hydrogens is 821 g/mol. The lowest BCUT2D eigenvalue weighted by atomic mass is 10.0. The number of carbonyl (C=O) groups excluding carboxylic acids is 2. The number of pyridine rings is 2. The molecule has 0 amide bonds. The maximum atomic E-state index is 12.8. The van der Waals surface area contributed by atoms with Crippen molar-refractivity contribution in [2.24, 2.45) is 0 Å². The third kappa shape index (κ3) is 16.7. The predicted molar refractivity (Wildman–Crippen MR) is 261 cm³/mol. The molecular formula is C58H60N2O6. The zero-order chi connectivity index (χ0) is 46.6. The van der Waals surface area contributed by atoms with Crippen molar-refractivity contribution in [2.45, 2.75) is 105 Å². The molecule has 0 unspecified atom stereocenters. The number of carbonyl (C=O) groups is 2. The number of nitrogens with zero attached hydrogens (tertiary/aromatic N) is 2. The molecule has 0 fully saturated rings. The summed E-state index contributed by atoms with van der Waals surface area (Å²) in [4.78, 5) is 33.9. The SMILES string of the molecule is CCCCCCCCOc1cc(C#Cc2ccc(C(=O)OCC)cc2C#Cc2cccnc2)c(OCCCCCCCC)cc1C#Cc1ccc(C(=O)OCC)cc1C#Cc1cccnc1. The van der Waals surface area contributed by atoms with Crippen LogP contribution in [0.2, 0.25) is 0 Å². The smallest absolute Gasteiger partial charge is 0.338 e. The summed E-state index contributed by atoms with van der Waals surface area (Å²) in [5.74, 6) is 26.5. The van der Waals surface area contributed by atoms with E-state index < -0.39 is 11.9 Å². The van der Waals surface area contributed by atoms with Crippen LogP contribution in [-0.4, -0.2) is 48.3 Å². The zero-order valence-corrected chi connectivity index (χ0v) is 38.9. The lowest BCUT2D eigenvalue weighted by molar-refractivity contribution is 0.0516. The zero-order valence-electron chi connectivity index (χ0n) is 38.9. The van der Waals surface area contributed by atoms with Crippen LogP contribution in [0, 0.1) is 47.4 Å². The minimum Gasteiger partial charge on any atom is -0.492 e. The van der Waals surface area contributed by atoms with Crippen molar-refractivity contribution in [3.8, 4) is 58.9 Å². The second-order valence-electron chi connectivity index (χ2n) is 15.5. The molecule has 0 saturated heterocycles. The third-order valence-electron chi connectivity index (χ3n) is 10.3. The normalized spacial score (nSPS) is 10.1. The fourth-order valence-corrected chi connectivity index (χ4v) is 6.74. The Morgan fingerprint density at radius 3 is 1.23 bits per heavy atom. The van der Waals surface area contributed by atoms with E-state index in [2.05, 4.69) is 71.2 Å². The summed E-state index contributed by atoms with van der Waals surface area (Å²) in [5.41, 5.74) is 5.90. The highest BCUT2D eigenvalue weighted by molar-refractivity contribution is 5.91. The van der Waals surface area contributed by atoms with E-state index >= 15 is 0 Å². The Morgan fingerprint density at radius 1 is 0.439 bits per heavy atom. The molecule has 2 aromatic heterocycles. The quantitative estimate of drug-likeness (QED) is 0.0433. The number of benzene rings is 3. The van der Waals surface area contributed by atoms with E-state index in [1.807, 2.05) is 36.4 Å². The van der Waals surface area contributed by atoms with Crippen molar-refractivity contribution in [1.82, 2.24) is 9.97 Å². The molecule has 0 saturated carbocycles. The molecule has 0 aliphatic heterocycles. The van der Waals surface area contributed by atoms with Crippen LogP contribution in [0.1, 0.15) is 170 Å². The summed E-state index contributed by atoms with van der Waals surface area (Å²) in [6, 6.07) is 21.6. The van der Waals surface area contributed by atoms with Gasteiger partial charge in [-0.15, -0.1) is 0 Å². The molecule has 66 heavy (non-hydrogen) atoms. The molecule has 5 rings (SSSR count). The highest BCUT2D eigenvalue weighted by Crippen LogP contribution is 2.30. The molecule has 0 bridgehead atoms. The van der Waals surface area contributed by atoms with E-state index in [-0.39, 0.29) is 13.2 Å². The van der Waals surface area contributed by atoms with E-state index in [0.29, 0.717) is 69.2 Å². The van der Waals surface area contributed by atoms with Crippen LogP contribution < -0.4 is 9.47 Å². The van der Waals surface area contributed by atoms with Crippen molar-refractivity contribution in [2.75, 3.05) is 26.4 Å². The van der Waals surface area contributed by atoms with Crippen LogP contribution in [0.3, 0.4) is 0 Å². The summed E-state index contributed by atoms with van der Waals surface area (Å²) in [6.07, 6.45) is 20.2. The van der Waals surface area contributed by atoms with Gasteiger partial charge in [0.05, 0.1) is 48.7 Å². The first-order valence-corrected chi connectivity index (χ1v) is 23.4. The van der Waals surface area contributed by atoms with Crippen molar-refractivity contribution in [3.05, 3.63) is 153 Å². The lowest BCUT2D eigenvalue weighted by Gasteiger charge is -2.14. The standard InChI is InChI=1S/C58H60N2O6/c1-5-9-11-13-15-17-37-65-55-41-52(32-28-48-30-34-54(58(62)64-8-4)40-50(48)26-24-46-22-20-36-60-44-46)56(66-38-18-16-14-12-10-6-2)42-51(55)31-27-47-29-33-53(57(61)63-7-3)39-49(47)25-23-45-21-19-35-59-43-45/h19-22,29-30,33-36,39-44H,5-18,37-38H2,1-4H3. The van der Waals surface area contributed by atoms with Crippen molar-refractivity contribution in [1.29, 1.82) is 0 Å². The molecule has 0 spiro atoms. The summed E-state index contributed by atoms with van der Waals surface area (Å²) >= 11 is 0. The molecule has 0 radical (unpaired) electrons. The monoisotopic (exact) mass is 880 g/mol. The largest absolute Gasteiger partial charge is 0.492 e. The maximum absolute atomic E-state index is 12.8. The molecule has 338 valence electrons. The number of esters is 2. The van der Waals surface area contributed by atoms with Gasteiger partial charge in [-0.3, -0.25) is 9.97 Å². The fraction of sp³-hybridized carbons (Fsp3) is 0.345. The molecule has 3 aromatic carbocycles. The second-order valence-corrected chi connectivity index (χ2v) is 15.5. The minimum atomic E-state index is -0.432. The molecule has 8 heteroatoms. The topological polar surface area (TPSA) is 96.8 Å². The van der Waals surface area contributed by atoms with E-state index in [0.717, 1.165) is 49.7 Å². The van der Waals surface area contributed by atoms with E-state index in [1.54, 1.807) is 75.0 Å². The van der Waals surface area contributed by atoms with E-state index in [9.17, 15) is 9.59 Å². The van der Waals surface area contributed by atoms with E-state index in [4.69, 9.17) is 18.9 Å². The van der Waals surface area contributed by atoms with Crippen molar-refractivity contribution >= 4 is 11.9 Å². The highest BCUT2D eigenvalue weighted by Gasteiger charge is 2.14. The molecule has 0 N–H and O–H groups in total. The van der Waals surface area contributed by atoms with Gasteiger partial charge in [0.25, 0.3) is 0 Å². The van der Waals surface area contributed by atoms with Gasteiger partial charge in [-0.05, 0) is 87.4 Å². The first-order chi connectivity index (χ1) is 32.4. The van der Waals surface area contributed by atoms with Gasteiger partial charge in [0.1, 0.15) is 11.5 Å². The van der Waals surface area contributed by atoms with Crippen LogP contribution in [-0.2, 0) is 9.47 Å². The summed E-state index contributed by atoms with van der Waals surface area (Å²) in [7, 11) is 0.